The Morgan fingerprint density at radius 1 is 1.53 bits per heavy atom. The molecule has 0 aromatic heterocycles. The minimum Gasteiger partial charge on any atom is -0.479 e. The lowest BCUT2D eigenvalue weighted by molar-refractivity contribution is -0.141. The maximum absolute atomic E-state index is 11.1. The van der Waals surface area contributed by atoms with E-state index in [0.717, 1.165) is 11.3 Å². The summed E-state index contributed by atoms with van der Waals surface area (Å²) in [6.07, 6.45) is 0. The summed E-state index contributed by atoms with van der Waals surface area (Å²) in [6, 6.07) is 7.79. The van der Waals surface area contributed by atoms with Crippen LogP contribution in [0.2, 0.25) is 0 Å². The molecule has 1 aromatic rings. The van der Waals surface area contributed by atoms with Crippen molar-refractivity contribution >= 4 is 23.4 Å². The molecule has 0 saturated carbocycles. The lowest BCUT2D eigenvalue weighted by atomic mass is 10.0. The van der Waals surface area contributed by atoms with E-state index in [1.54, 1.807) is 11.8 Å². The first kappa shape index (κ1) is 10.4. The van der Waals surface area contributed by atoms with Gasteiger partial charge in [-0.15, -0.1) is 0 Å². The molecule has 0 aliphatic carbocycles. The fraction of sp³-hybridized carbons (Fsp3) is 0.364. The van der Waals surface area contributed by atoms with E-state index >= 15 is 0 Å². The standard InChI is InChI=1S/C11H13NO2S/c1-8-3-2-4-9(5-8)12-11(10(13)14)6-15-7-11/h2-5,12H,6-7H2,1H3,(H,13,14). The van der Waals surface area contributed by atoms with Crippen molar-refractivity contribution in [2.24, 2.45) is 0 Å². The molecule has 0 amide bonds. The highest BCUT2D eigenvalue weighted by Crippen LogP contribution is 2.33. The van der Waals surface area contributed by atoms with Crippen LogP contribution in [-0.4, -0.2) is 28.1 Å². The summed E-state index contributed by atoms with van der Waals surface area (Å²) >= 11 is 1.65. The van der Waals surface area contributed by atoms with Crippen LogP contribution in [0.3, 0.4) is 0 Å². The summed E-state index contributed by atoms with van der Waals surface area (Å²) in [6.45, 7) is 1.99. The van der Waals surface area contributed by atoms with Crippen LogP contribution in [0.15, 0.2) is 24.3 Å². The predicted octanol–water partition coefficient (Wildman–Crippen LogP) is 1.98. The summed E-state index contributed by atoms with van der Waals surface area (Å²) in [5.74, 6) is 0.509. The normalized spacial score (nSPS) is 17.9. The number of carboxylic acid groups (broad SMARTS) is 1. The van der Waals surface area contributed by atoms with Crippen LogP contribution in [-0.2, 0) is 4.79 Å². The minimum atomic E-state index is -0.761. The number of hydrogen-bond acceptors (Lipinski definition) is 3. The second-order valence-corrected chi connectivity index (χ2v) is 4.86. The fourth-order valence-electron chi connectivity index (χ4n) is 1.55. The van der Waals surface area contributed by atoms with Crippen molar-refractivity contribution in [3.05, 3.63) is 29.8 Å². The van der Waals surface area contributed by atoms with Crippen molar-refractivity contribution in [1.82, 2.24) is 0 Å². The summed E-state index contributed by atoms with van der Waals surface area (Å²) in [7, 11) is 0. The van der Waals surface area contributed by atoms with Crippen molar-refractivity contribution in [3.63, 3.8) is 0 Å². The van der Waals surface area contributed by atoms with Crippen LogP contribution in [0.25, 0.3) is 0 Å². The molecular formula is C11H13NO2S. The highest BCUT2D eigenvalue weighted by Gasteiger charge is 2.45. The second kappa shape index (κ2) is 3.77. The molecule has 2 N–H and O–H groups in total. The molecule has 1 saturated heterocycles. The van der Waals surface area contributed by atoms with E-state index in [-0.39, 0.29) is 0 Å². The minimum absolute atomic E-state index is 0.635. The Labute approximate surface area is 92.9 Å². The quantitative estimate of drug-likeness (QED) is 0.822. The first-order chi connectivity index (χ1) is 7.12. The Kier molecular flexibility index (Phi) is 2.61. The smallest absolute Gasteiger partial charge is 0.331 e. The maximum atomic E-state index is 11.1. The Morgan fingerprint density at radius 3 is 2.73 bits per heavy atom. The van der Waals surface area contributed by atoms with Crippen LogP contribution in [0.5, 0.6) is 0 Å². The van der Waals surface area contributed by atoms with Crippen LogP contribution < -0.4 is 5.32 Å². The van der Waals surface area contributed by atoms with Gasteiger partial charge in [0.15, 0.2) is 5.54 Å². The first-order valence-corrected chi connectivity index (χ1v) is 5.94. The third kappa shape index (κ3) is 1.95. The monoisotopic (exact) mass is 223 g/mol. The molecule has 1 aliphatic heterocycles. The van der Waals surface area contributed by atoms with Gasteiger partial charge in [0.1, 0.15) is 0 Å². The van der Waals surface area contributed by atoms with E-state index in [4.69, 9.17) is 5.11 Å². The zero-order valence-electron chi connectivity index (χ0n) is 8.49. The molecule has 1 aliphatic rings. The van der Waals surface area contributed by atoms with E-state index in [2.05, 4.69) is 5.32 Å². The molecule has 3 nitrogen and oxygen atoms in total. The summed E-state index contributed by atoms with van der Waals surface area (Å²) < 4.78 is 0. The van der Waals surface area contributed by atoms with Gasteiger partial charge in [-0.25, -0.2) is 4.79 Å². The number of carbonyl (C=O) groups is 1. The van der Waals surface area contributed by atoms with Crippen LogP contribution >= 0.6 is 11.8 Å². The highest BCUT2D eigenvalue weighted by molar-refractivity contribution is 8.01. The summed E-state index contributed by atoms with van der Waals surface area (Å²) in [5.41, 5.74) is 1.27. The van der Waals surface area contributed by atoms with E-state index in [1.165, 1.54) is 0 Å². The third-order valence-corrected chi connectivity index (χ3v) is 3.90. The van der Waals surface area contributed by atoms with Crippen molar-refractivity contribution in [1.29, 1.82) is 0 Å². The zero-order valence-corrected chi connectivity index (χ0v) is 9.30. The second-order valence-electron chi connectivity index (χ2n) is 3.87. The molecule has 15 heavy (non-hydrogen) atoms. The van der Waals surface area contributed by atoms with Gasteiger partial charge in [0.25, 0.3) is 0 Å². The number of rotatable bonds is 3. The van der Waals surface area contributed by atoms with E-state index < -0.39 is 11.5 Å². The number of anilines is 1. The largest absolute Gasteiger partial charge is 0.479 e. The number of aryl methyl sites for hydroxylation is 1. The van der Waals surface area contributed by atoms with Crippen LogP contribution in [0.1, 0.15) is 5.56 Å². The van der Waals surface area contributed by atoms with Crippen LogP contribution in [0, 0.1) is 6.92 Å². The molecule has 80 valence electrons. The topological polar surface area (TPSA) is 49.3 Å². The Balaban J connectivity index is 2.17. The highest BCUT2D eigenvalue weighted by atomic mass is 32.2. The van der Waals surface area contributed by atoms with Crippen molar-refractivity contribution < 1.29 is 9.90 Å². The summed E-state index contributed by atoms with van der Waals surface area (Å²) in [5, 5.41) is 12.3. The average molecular weight is 223 g/mol. The SMILES string of the molecule is Cc1cccc(NC2(C(=O)O)CSC2)c1. The van der Waals surface area contributed by atoms with E-state index in [9.17, 15) is 4.79 Å². The lowest BCUT2D eigenvalue weighted by Crippen LogP contribution is -2.57. The van der Waals surface area contributed by atoms with Crippen molar-refractivity contribution in [2.75, 3.05) is 16.8 Å². The van der Waals surface area contributed by atoms with Gasteiger partial charge in [0.05, 0.1) is 0 Å². The molecule has 1 fully saturated rings. The molecule has 1 heterocycles. The molecule has 0 spiro atoms. The van der Waals surface area contributed by atoms with Gasteiger partial charge in [-0.1, -0.05) is 12.1 Å². The number of benzene rings is 1. The number of hydrogen-bond donors (Lipinski definition) is 2. The van der Waals surface area contributed by atoms with Crippen molar-refractivity contribution in [3.8, 4) is 0 Å². The fourth-order valence-corrected chi connectivity index (χ4v) is 2.56. The predicted molar refractivity (Wildman–Crippen MR) is 62.5 cm³/mol. The van der Waals surface area contributed by atoms with Gasteiger partial charge in [0.2, 0.25) is 0 Å². The Bertz CT molecular complexity index is 388. The van der Waals surface area contributed by atoms with E-state index in [0.29, 0.717) is 11.5 Å². The first-order valence-electron chi connectivity index (χ1n) is 4.78. The molecule has 2 rings (SSSR count). The van der Waals surface area contributed by atoms with Gasteiger partial charge >= 0.3 is 5.97 Å². The molecule has 0 atom stereocenters. The van der Waals surface area contributed by atoms with Gasteiger partial charge in [0, 0.05) is 17.2 Å². The van der Waals surface area contributed by atoms with Gasteiger partial charge in [-0.3, -0.25) is 0 Å². The average Bonchev–Trinajstić information content (AvgIpc) is 2.11. The van der Waals surface area contributed by atoms with E-state index in [1.807, 2.05) is 31.2 Å². The molecule has 1 aromatic carbocycles. The van der Waals surface area contributed by atoms with Crippen LogP contribution in [0.4, 0.5) is 5.69 Å². The molecule has 4 heteroatoms. The molecule has 0 bridgehead atoms. The molecule has 0 unspecified atom stereocenters. The number of aliphatic carboxylic acids is 1. The van der Waals surface area contributed by atoms with Gasteiger partial charge < -0.3 is 10.4 Å². The van der Waals surface area contributed by atoms with Crippen molar-refractivity contribution in [2.45, 2.75) is 12.5 Å². The zero-order chi connectivity index (χ0) is 10.9. The summed E-state index contributed by atoms with van der Waals surface area (Å²) in [4.78, 5) is 11.1. The molecule has 0 radical (unpaired) electrons. The lowest BCUT2D eigenvalue weighted by Gasteiger charge is -2.38. The number of carboxylic acids is 1. The Morgan fingerprint density at radius 2 is 2.27 bits per heavy atom. The number of thioether (sulfide) groups is 1. The molecular weight excluding hydrogens is 210 g/mol. The third-order valence-electron chi connectivity index (χ3n) is 2.51. The van der Waals surface area contributed by atoms with Gasteiger partial charge in [-0.05, 0) is 24.6 Å². The van der Waals surface area contributed by atoms with Gasteiger partial charge in [-0.2, -0.15) is 11.8 Å². The Hall–Kier alpha value is -1.16. The number of nitrogens with one attached hydrogen (secondary N) is 1. The maximum Gasteiger partial charge on any atom is 0.331 e.